The predicted molar refractivity (Wildman–Crippen MR) is 116 cm³/mol. The zero-order valence-electron chi connectivity index (χ0n) is 17.2. The SMILES string of the molecule is CC[C@H](NC(=O)c1ccc2c(c1)CN(C1CCC(=O)CC1=O)C2=O)c1ccc(Cl)cc1. The van der Waals surface area contributed by atoms with Crippen molar-refractivity contribution >= 4 is 35.0 Å². The van der Waals surface area contributed by atoms with Crippen LogP contribution in [0.2, 0.25) is 5.02 Å². The molecule has 1 saturated carbocycles. The number of carbonyl (C=O) groups excluding carboxylic acids is 4. The molecular formula is C24H23ClN2O4. The first-order valence-electron chi connectivity index (χ1n) is 10.4. The van der Waals surface area contributed by atoms with Crippen LogP contribution in [0.5, 0.6) is 0 Å². The van der Waals surface area contributed by atoms with Gasteiger partial charge in [-0.05, 0) is 54.3 Å². The fourth-order valence-corrected chi connectivity index (χ4v) is 4.41. The van der Waals surface area contributed by atoms with Crippen LogP contribution >= 0.6 is 11.6 Å². The molecule has 6 nitrogen and oxygen atoms in total. The summed E-state index contributed by atoms with van der Waals surface area (Å²) in [5, 5.41) is 3.67. The van der Waals surface area contributed by atoms with Gasteiger partial charge in [-0.15, -0.1) is 0 Å². The molecule has 0 spiro atoms. The van der Waals surface area contributed by atoms with E-state index in [-0.39, 0.29) is 42.4 Å². The van der Waals surface area contributed by atoms with Crippen molar-refractivity contribution in [2.45, 2.75) is 51.2 Å². The molecule has 2 aliphatic rings. The zero-order valence-corrected chi connectivity index (χ0v) is 17.9. The minimum Gasteiger partial charge on any atom is -0.345 e. The molecule has 4 rings (SSSR count). The Morgan fingerprint density at radius 3 is 2.58 bits per heavy atom. The van der Waals surface area contributed by atoms with Gasteiger partial charge in [0.15, 0.2) is 5.78 Å². The molecule has 2 atom stereocenters. The smallest absolute Gasteiger partial charge is 0.255 e. The van der Waals surface area contributed by atoms with Crippen LogP contribution in [0.1, 0.15) is 70.5 Å². The summed E-state index contributed by atoms with van der Waals surface area (Å²) in [7, 11) is 0. The van der Waals surface area contributed by atoms with Crippen LogP contribution < -0.4 is 5.32 Å². The quantitative estimate of drug-likeness (QED) is 0.718. The third-order valence-electron chi connectivity index (χ3n) is 6.00. The van der Waals surface area contributed by atoms with E-state index in [0.717, 1.165) is 11.1 Å². The molecule has 160 valence electrons. The monoisotopic (exact) mass is 438 g/mol. The van der Waals surface area contributed by atoms with Crippen molar-refractivity contribution in [2.24, 2.45) is 0 Å². The summed E-state index contributed by atoms with van der Waals surface area (Å²) in [6.07, 6.45) is 1.28. The van der Waals surface area contributed by atoms with E-state index in [2.05, 4.69) is 5.32 Å². The van der Waals surface area contributed by atoms with E-state index in [1.165, 1.54) is 4.90 Å². The number of ketones is 2. The third-order valence-corrected chi connectivity index (χ3v) is 6.25. The molecule has 7 heteroatoms. The van der Waals surface area contributed by atoms with Crippen molar-refractivity contribution in [3.63, 3.8) is 0 Å². The number of hydrogen-bond donors (Lipinski definition) is 1. The standard InChI is InChI=1S/C24H23ClN2O4/c1-2-20(14-3-6-17(25)7-4-14)26-23(30)15-5-9-19-16(11-15)13-27(24(19)31)21-10-8-18(28)12-22(21)29/h3-7,9,11,20-21H,2,8,10,12-13H2,1H3,(H,26,30)/t20-,21?/m0/s1. The van der Waals surface area contributed by atoms with Gasteiger partial charge in [0.25, 0.3) is 11.8 Å². The van der Waals surface area contributed by atoms with Crippen LogP contribution in [0.4, 0.5) is 0 Å². The Morgan fingerprint density at radius 2 is 1.90 bits per heavy atom. The van der Waals surface area contributed by atoms with Crippen LogP contribution in [-0.2, 0) is 16.1 Å². The second-order valence-corrected chi connectivity index (χ2v) is 8.46. The predicted octanol–water partition coefficient (Wildman–Crippen LogP) is 3.87. The summed E-state index contributed by atoms with van der Waals surface area (Å²) < 4.78 is 0. The maximum absolute atomic E-state index is 12.9. The molecule has 0 saturated heterocycles. The molecule has 1 aliphatic heterocycles. The Hall–Kier alpha value is -2.99. The van der Waals surface area contributed by atoms with Gasteiger partial charge in [0.2, 0.25) is 0 Å². The lowest BCUT2D eigenvalue weighted by molar-refractivity contribution is -0.133. The lowest BCUT2D eigenvalue weighted by atomic mass is 9.92. The van der Waals surface area contributed by atoms with Crippen molar-refractivity contribution in [3.05, 3.63) is 69.7 Å². The van der Waals surface area contributed by atoms with E-state index < -0.39 is 6.04 Å². The van der Waals surface area contributed by atoms with Crippen LogP contribution in [0.3, 0.4) is 0 Å². The van der Waals surface area contributed by atoms with Crippen LogP contribution in [0, 0.1) is 0 Å². The fourth-order valence-electron chi connectivity index (χ4n) is 4.28. The topological polar surface area (TPSA) is 83.6 Å². The molecule has 2 amide bonds. The van der Waals surface area contributed by atoms with Gasteiger partial charge in [0, 0.05) is 29.1 Å². The highest BCUT2D eigenvalue weighted by molar-refractivity contribution is 6.30. The molecule has 31 heavy (non-hydrogen) atoms. The largest absolute Gasteiger partial charge is 0.345 e. The molecule has 0 radical (unpaired) electrons. The van der Waals surface area contributed by atoms with Gasteiger partial charge in [0.1, 0.15) is 5.78 Å². The number of carbonyl (C=O) groups is 4. The van der Waals surface area contributed by atoms with Gasteiger partial charge in [-0.3, -0.25) is 19.2 Å². The number of fused-ring (bicyclic) bond motifs is 1. The normalized spacial score (nSPS) is 19.4. The van der Waals surface area contributed by atoms with Gasteiger partial charge >= 0.3 is 0 Å². The summed E-state index contributed by atoms with van der Waals surface area (Å²) in [5.74, 6) is -0.725. The van der Waals surface area contributed by atoms with Gasteiger partial charge in [0.05, 0.1) is 18.5 Å². The second-order valence-electron chi connectivity index (χ2n) is 8.03. The molecule has 1 aliphatic carbocycles. The zero-order chi connectivity index (χ0) is 22.1. The summed E-state index contributed by atoms with van der Waals surface area (Å²) >= 11 is 5.95. The first-order valence-corrected chi connectivity index (χ1v) is 10.8. The first-order chi connectivity index (χ1) is 14.9. The van der Waals surface area contributed by atoms with Crippen molar-refractivity contribution in [1.29, 1.82) is 0 Å². The van der Waals surface area contributed by atoms with E-state index >= 15 is 0 Å². The highest BCUT2D eigenvalue weighted by Crippen LogP contribution is 2.30. The lowest BCUT2D eigenvalue weighted by Gasteiger charge is -2.29. The minimum atomic E-state index is -0.566. The van der Waals surface area contributed by atoms with Gasteiger partial charge in [-0.2, -0.15) is 0 Å². The summed E-state index contributed by atoms with van der Waals surface area (Å²) in [5.41, 5.74) is 2.66. The number of rotatable bonds is 5. The van der Waals surface area contributed by atoms with E-state index in [4.69, 9.17) is 11.6 Å². The van der Waals surface area contributed by atoms with E-state index in [9.17, 15) is 19.2 Å². The van der Waals surface area contributed by atoms with E-state index in [0.29, 0.717) is 35.4 Å². The number of nitrogens with zero attached hydrogens (tertiary/aromatic N) is 1. The Balaban J connectivity index is 1.50. The number of benzene rings is 2. The van der Waals surface area contributed by atoms with Gasteiger partial charge in [-0.25, -0.2) is 0 Å². The summed E-state index contributed by atoms with van der Waals surface area (Å²) in [4.78, 5) is 51.0. The van der Waals surface area contributed by atoms with Crippen molar-refractivity contribution in [3.8, 4) is 0 Å². The van der Waals surface area contributed by atoms with E-state index in [1.54, 1.807) is 30.3 Å². The fraction of sp³-hybridized carbons (Fsp3) is 0.333. The minimum absolute atomic E-state index is 0.0736. The van der Waals surface area contributed by atoms with Crippen LogP contribution in [0.25, 0.3) is 0 Å². The third kappa shape index (κ3) is 4.26. The molecule has 0 aromatic heterocycles. The van der Waals surface area contributed by atoms with Crippen molar-refractivity contribution in [2.75, 3.05) is 0 Å². The molecule has 2 aromatic carbocycles. The highest BCUT2D eigenvalue weighted by atomic mass is 35.5. The molecule has 2 aromatic rings. The number of halogens is 1. The Labute approximate surface area is 185 Å². The second kappa shape index (κ2) is 8.63. The van der Waals surface area contributed by atoms with E-state index in [1.807, 2.05) is 19.1 Å². The molecular weight excluding hydrogens is 416 g/mol. The maximum atomic E-state index is 12.9. The van der Waals surface area contributed by atoms with Crippen molar-refractivity contribution < 1.29 is 19.2 Å². The Kier molecular flexibility index (Phi) is 5.92. The molecule has 1 fully saturated rings. The number of Topliss-reactive ketones (excluding diaryl/α,β-unsaturated/α-hetero) is 2. The molecule has 1 unspecified atom stereocenters. The Morgan fingerprint density at radius 1 is 1.16 bits per heavy atom. The molecule has 1 N–H and O–H groups in total. The van der Waals surface area contributed by atoms with Gasteiger partial charge < -0.3 is 10.2 Å². The molecule has 1 heterocycles. The number of hydrogen-bond acceptors (Lipinski definition) is 4. The Bertz CT molecular complexity index is 1060. The average molecular weight is 439 g/mol. The number of amides is 2. The lowest BCUT2D eigenvalue weighted by Crippen LogP contribution is -2.44. The highest BCUT2D eigenvalue weighted by Gasteiger charge is 2.39. The number of nitrogens with one attached hydrogen (secondary N) is 1. The van der Waals surface area contributed by atoms with Crippen molar-refractivity contribution in [1.82, 2.24) is 10.2 Å². The summed E-state index contributed by atoms with van der Waals surface area (Å²) in [6.45, 7) is 2.26. The van der Waals surface area contributed by atoms with Gasteiger partial charge in [-0.1, -0.05) is 30.7 Å². The first kappa shape index (κ1) is 21.2. The van der Waals surface area contributed by atoms with Crippen LogP contribution in [-0.4, -0.2) is 34.3 Å². The maximum Gasteiger partial charge on any atom is 0.255 e. The molecule has 0 bridgehead atoms. The average Bonchev–Trinajstić information content (AvgIpc) is 3.08. The van der Waals surface area contributed by atoms with Crippen LogP contribution in [0.15, 0.2) is 42.5 Å². The summed E-state index contributed by atoms with van der Waals surface area (Å²) in [6, 6.07) is 11.6.